The van der Waals surface area contributed by atoms with Crippen molar-refractivity contribution in [2.75, 3.05) is 39.7 Å². The number of likely N-dealkylation sites (N-methyl/N-ethyl adjacent to an activating group) is 1. The molecule has 2 amide bonds. The number of carbonyl (C=O) groups is 2. The number of ether oxygens (including phenoxy) is 3. The zero-order valence-electron chi connectivity index (χ0n) is 18.7. The van der Waals surface area contributed by atoms with Crippen molar-refractivity contribution < 1.29 is 23.8 Å². The van der Waals surface area contributed by atoms with Crippen LogP contribution < -0.4 is 14.8 Å². The number of nitrogens with zero attached hydrogens (tertiary/aromatic N) is 3. The van der Waals surface area contributed by atoms with Gasteiger partial charge in [-0.25, -0.2) is 4.98 Å². The molecule has 0 fully saturated rings. The molecular weight excluding hydrogens is 432 g/mol. The Morgan fingerprint density at radius 1 is 1.16 bits per heavy atom. The zero-order valence-corrected chi connectivity index (χ0v) is 19.5. The SMILES string of the molecule is CCN(CC(=O)Nc1cccc(OC)c1)C(=O)c1sc2nc(COC)nc(OC)c2c1C. The van der Waals surface area contributed by atoms with Crippen LogP contribution in [0.2, 0.25) is 0 Å². The first-order chi connectivity index (χ1) is 15.4. The van der Waals surface area contributed by atoms with Crippen molar-refractivity contribution >= 4 is 39.1 Å². The molecule has 0 aliphatic heterocycles. The predicted octanol–water partition coefficient (Wildman–Crippen LogP) is 3.26. The van der Waals surface area contributed by atoms with Crippen LogP contribution in [0.15, 0.2) is 24.3 Å². The Bertz CT molecular complexity index is 1130. The number of methoxy groups -OCH3 is 3. The number of nitrogens with one attached hydrogen (secondary N) is 1. The van der Waals surface area contributed by atoms with Crippen molar-refractivity contribution in [3.05, 3.63) is 40.5 Å². The Labute approximate surface area is 190 Å². The third-order valence-electron chi connectivity index (χ3n) is 4.82. The van der Waals surface area contributed by atoms with Crippen molar-refractivity contribution in [2.45, 2.75) is 20.5 Å². The molecule has 2 aromatic heterocycles. The van der Waals surface area contributed by atoms with E-state index in [1.54, 1.807) is 38.5 Å². The van der Waals surface area contributed by atoms with E-state index in [1.165, 1.54) is 23.3 Å². The average molecular weight is 459 g/mol. The highest BCUT2D eigenvalue weighted by molar-refractivity contribution is 7.20. The van der Waals surface area contributed by atoms with E-state index < -0.39 is 0 Å². The molecule has 0 aliphatic carbocycles. The lowest BCUT2D eigenvalue weighted by molar-refractivity contribution is -0.116. The Morgan fingerprint density at radius 2 is 1.94 bits per heavy atom. The quantitative estimate of drug-likeness (QED) is 0.525. The molecule has 10 heteroatoms. The summed E-state index contributed by atoms with van der Waals surface area (Å²) in [6.07, 6.45) is 0. The first-order valence-electron chi connectivity index (χ1n) is 9.97. The summed E-state index contributed by atoms with van der Waals surface area (Å²) in [6.45, 7) is 4.18. The van der Waals surface area contributed by atoms with E-state index in [2.05, 4.69) is 15.3 Å². The van der Waals surface area contributed by atoms with Gasteiger partial charge in [-0.3, -0.25) is 9.59 Å². The maximum atomic E-state index is 13.3. The highest BCUT2D eigenvalue weighted by Crippen LogP contribution is 2.35. The number of hydrogen-bond acceptors (Lipinski definition) is 8. The van der Waals surface area contributed by atoms with Crippen LogP contribution >= 0.6 is 11.3 Å². The number of amides is 2. The van der Waals surface area contributed by atoms with Gasteiger partial charge in [-0.2, -0.15) is 4.98 Å². The maximum Gasteiger partial charge on any atom is 0.264 e. The molecule has 0 radical (unpaired) electrons. The van der Waals surface area contributed by atoms with E-state index in [4.69, 9.17) is 14.2 Å². The molecule has 0 spiro atoms. The number of aromatic nitrogens is 2. The fourth-order valence-corrected chi connectivity index (χ4v) is 4.39. The fraction of sp³-hybridized carbons (Fsp3) is 0.364. The van der Waals surface area contributed by atoms with Crippen LogP contribution in [-0.4, -0.2) is 61.1 Å². The number of aryl methyl sites for hydroxylation is 1. The monoisotopic (exact) mass is 458 g/mol. The van der Waals surface area contributed by atoms with E-state index in [9.17, 15) is 9.59 Å². The Morgan fingerprint density at radius 3 is 2.59 bits per heavy atom. The molecule has 0 unspecified atom stereocenters. The second-order valence-corrected chi connectivity index (χ2v) is 7.92. The smallest absolute Gasteiger partial charge is 0.264 e. The Kier molecular flexibility index (Phi) is 7.60. The van der Waals surface area contributed by atoms with Gasteiger partial charge in [0, 0.05) is 25.4 Å². The molecule has 1 N–H and O–H groups in total. The molecule has 0 aliphatic rings. The molecule has 32 heavy (non-hydrogen) atoms. The minimum atomic E-state index is -0.299. The third-order valence-corrected chi connectivity index (χ3v) is 5.99. The number of benzene rings is 1. The maximum absolute atomic E-state index is 13.3. The Balaban J connectivity index is 1.83. The third kappa shape index (κ3) is 4.97. The number of fused-ring (bicyclic) bond motifs is 1. The first-order valence-corrected chi connectivity index (χ1v) is 10.8. The summed E-state index contributed by atoms with van der Waals surface area (Å²) in [7, 11) is 4.64. The molecular formula is C22H26N4O5S. The van der Waals surface area contributed by atoms with Crippen LogP contribution in [-0.2, 0) is 16.1 Å². The molecule has 3 rings (SSSR count). The summed E-state index contributed by atoms with van der Waals surface area (Å²) in [6, 6.07) is 7.05. The minimum Gasteiger partial charge on any atom is -0.497 e. The summed E-state index contributed by atoms with van der Waals surface area (Å²) < 4.78 is 15.7. The van der Waals surface area contributed by atoms with E-state index in [1.807, 2.05) is 13.8 Å². The topological polar surface area (TPSA) is 103 Å². The van der Waals surface area contributed by atoms with E-state index >= 15 is 0 Å². The molecule has 0 bridgehead atoms. The van der Waals surface area contributed by atoms with Crippen LogP contribution in [0.1, 0.15) is 28.0 Å². The molecule has 0 saturated heterocycles. The van der Waals surface area contributed by atoms with Gasteiger partial charge in [0.15, 0.2) is 5.82 Å². The van der Waals surface area contributed by atoms with Gasteiger partial charge < -0.3 is 24.4 Å². The molecule has 9 nitrogen and oxygen atoms in total. The second kappa shape index (κ2) is 10.4. The van der Waals surface area contributed by atoms with Gasteiger partial charge in [-0.1, -0.05) is 6.07 Å². The van der Waals surface area contributed by atoms with Crippen molar-refractivity contribution in [1.82, 2.24) is 14.9 Å². The lowest BCUT2D eigenvalue weighted by atomic mass is 10.2. The normalized spacial score (nSPS) is 10.8. The van der Waals surface area contributed by atoms with E-state index in [0.29, 0.717) is 44.8 Å². The molecule has 3 aromatic rings. The molecule has 0 atom stereocenters. The van der Waals surface area contributed by atoms with Gasteiger partial charge >= 0.3 is 0 Å². The average Bonchev–Trinajstić information content (AvgIpc) is 3.13. The van der Waals surface area contributed by atoms with Gasteiger partial charge in [-0.05, 0) is 31.5 Å². The van der Waals surface area contributed by atoms with Crippen molar-refractivity contribution in [3.63, 3.8) is 0 Å². The highest BCUT2D eigenvalue weighted by Gasteiger charge is 2.25. The number of thiophene rings is 1. The zero-order chi connectivity index (χ0) is 23.3. The first kappa shape index (κ1) is 23.4. The Hall–Kier alpha value is -3.24. The van der Waals surface area contributed by atoms with Crippen LogP contribution in [0.25, 0.3) is 10.2 Å². The molecule has 0 saturated carbocycles. The van der Waals surface area contributed by atoms with Crippen LogP contribution in [0.5, 0.6) is 11.6 Å². The van der Waals surface area contributed by atoms with E-state index in [-0.39, 0.29) is 25.0 Å². The van der Waals surface area contributed by atoms with Gasteiger partial charge in [0.05, 0.1) is 24.5 Å². The van der Waals surface area contributed by atoms with Gasteiger partial charge in [-0.15, -0.1) is 11.3 Å². The fourth-order valence-electron chi connectivity index (χ4n) is 3.24. The minimum absolute atomic E-state index is 0.0854. The molecule has 170 valence electrons. The summed E-state index contributed by atoms with van der Waals surface area (Å²) in [5, 5.41) is 3.50. The number of anilines is 1. The predicted molar refractivity (Wildman–Crippen MR) is 123 cm³/mol. The molecule has 1 aromatic carbocycles. The second-order valence-electron chi connectivity index (χ2n) is 6.92. The summed E-state index contributed by atoms with van der Waals surface area (Å²) >= 11 is 1.26. The summed E-state index contributed by atoms with van der Waals surface area (Å²) in [5.41, 5.74) is 1.32. The summed E-state index contributed by atoms with van der Waals surface area (Å²) in [4.78, 5) is 37.4. The lowest BCUT2D eigenvalue weighted by Gasteiger charge is -2.20. The van der Waals surface area contributed by atoms with Gasteiger partial charge in [0.2, 0.25) is 11.8 Å². The number of carbonyl (C=O) groups excluding carboxylic acids is 2. The number of rotatable bonds is 9. The van der Waals surface area contributed by atoms with E-state index in [0.717, 1.165) is 5.56 Å². The van der Waals surface area contributed by atoms with Crippen LogP contribution in [0.4, 0.5) is 5.69 Å². The lowest BCUT2D eigenvalue weighted by Crippen LogP contribution is -2.37. The summed E-state index contributed by atoms with van der Waals surface area (Å²) in [5.74, 6) is 0.960. The standard InChI is InChI=1S/C22H26N4O5S/c1-6-26(11-17(27)23-14-8-7-9-15(10-14)30-4)22(28)19-13(2)18-20(31-5)24-16(12-29-3)25-21(18)32-19/h7-10H,6,11-12H2,1-5H3,(H,23,27). The highest BCUT2D eigenvalue weighted by atomic mass is 32.1. The molecule has 2 heterocycles. The van der Waals surface area contributed by atoms with Crippen molar-refractivity contribution in [2.24, 2.45) is 0 Å². The van der Waals surface area contributed by atoms with Crippen molar-refractivity contribution in [1.29, 1.82) is 0 Å². The van der Waals surface area contributed by atoms with Crippen LogP contribution in [0, 0.1) is 6.92 Å². The van der Waals surface area contributed by atoms with Gasteiger partial charge in [0.25, 0.3) is 5.91 Å². The van der Waals surface area contributed by atoms with Gasteiger partial charge in [0.1, 0.15) is 23.7 Å². The number of hydrogen-bond donors (Lipinski definition) is 1. The van der Waals surface area contributed by atoms with Crippen molar-refractivity contribution in [3.8, 4) is 11.6 Å². The van der Waals surface area contributed by atoms with Crippen LogP contribution in [0.3, 0.4) is 0 Å². The largest absolute Gasteiger partial charge is 0.497 e.